The molecule has 0 amide bonds. The van der Waals surface area contributed by atoms with Crippen molar-refractivity contribution >= 4 is 5.82 Å². The molecular weight excluding hydrogens is 134 g/mol. The van der Waals surface area contributed by atoms with Gasteiger partial charge < -0.3 is 11.3 Å². The predicted molar refractivity (Wildman–Crippen MR) is 36.5 cm³/mol. The van der Waals surface area contributed by atoms with Crippen LogP contribution in [0.5, 0.6) is 0 Å². The van der Waals surface area contributed by atoms with Crippen LogP contribution in [0, 0.1) is 0 Å². The molecule has 0 atom stereocenters. The number of anilines is 1. The summed E-state index contributed by atoms with van der Waals surface area (Å²) >= 11 is 0. The maximum atomic E-state index is 10.6. The Morgan fingerprint density at radius 3 is 2.90 bits per heavy atom. The minimum atomic E-state index is -0.546. The number of nitrogens with zero attached hydrogens (tertiary/aromatic N) is 2. The van der Waals surface area contributed by atoms with E-state index >= 15 is 0 Å². The zero-order valence-corrected chi connectivity index (χ0v) is 5.11. The molecule has 5 N–H and O–H groups in total. The number of hydrogen-bond acceptors (Lipinski definition) is 5. The Kier molecular flexibility index (Phi) is 1.55. The second kappa shape index (κ2) is 2.36. The molecule has 0 bridgehead atoms. The van der Waals surface area contributed by atoms with Crippen molar-refractivity contribution in [1.82, 2.24) is 9.66 Å². The van der Waals surface area contributed by atoms with Crippen LogP contribution in [0.3, 0.4) is 0 Å². The Hall–Kier alpha value is -1.56. The van der Waals surface area contributed by atoms with Crippen LogP contribution >= 0.6 is 0 Å². The molecule has 10 heavy (non-hydrogen) atoms. The summed E-state index contributed by atoms with van der Waals surface area (Å²) in [6, 6.07) is 1.49. The van der Waals surface area contributed by atoms with Gasteiger partial charge in [-0.2, -0.15) is 4.98 Å². The van der Waals surface area contributed by atoms with E-state index in [0.29, 0.717) is 5.82 Å². The standard InChI is InChI=1S/C4H7N5O/c5-8-3-1-2-9(6)4(10)7-3/h1-2H,5-6H2,(H,7,8,10). The molecule has 1 aromatic heterocycles. The Morgan fingerprint density at radius 1 is 1.70 bits per heavy atom. The van der Waals surface area contributed by atoms with Crippen molar-refractivity contribution in [3.8, 4) is 0 Å². The molecule has 1 heterocycles. The molecule has 0 aromatic carbocycles. The summed E-state index contributed by atoms with van der Waals surface area (Å²) in [7, 11) is 0. The number of aromatic nitrogens is 2. The number of nitrogens with two attached hydrogens (primary N) is 2. The van der Waals surface area contributed by atoms with Crippen molar-refractivity contribution in [2.24, 2.45) is 5.84 Å². The lowest BCUT2D eigenvalue weighted by molar-refractivity contribution is 0.871. The molecule has 0 fully saturated rings. The first-order chi connectivity index (χ1) is 4.74. The van der Waals surface area contributed by atoms with Crippen LogP contribution in [0.15, 0.2) is 17.1 Å². The quantitative estimate of drug-likeness (QED) is 0.318. The van der Waals surface area contributed by atoms with E-state index in [-0.39, 0.29) is 0 Å². The van der Waals surface area contributed by atoms with Gasteiger partial charge in [0.1, 0.15) is 5.82 Å². The van der Waals surface area contributed by atoms with Crippen LogP contribution < -0.4 is 22.8 Å². The Bertz CT molecular complexity index is 279. The summed E-state index contributed by atoms with van der Waals surface area (Å²) < 4.78 is 0.862. The number of hydrogen-bond donors (Lipinski definition) is 3. The summed E-state index contributed by atoms with van der Waals surface area (Å²) in [5.74, 6) is 10.4. The van der Waals surface area contributed by atoms with Crippen LogP contribution in [0.25, 0.3) is 0 Å². The van der Waals surface area contributed by atoms with Crippen LogP contribution in [0.1, 0.15) is 0 Å². The summed E-state index contributed by atoms with van der Waals surface area (Å²) in [6.45, 7) is 0. The molecule has 6 nitrogen and oxygen atoms in total. The fourth-order valence-corrected chi connectivity index (χ4v) is 0.493. The van der Waals surface area contributed by atoms with Crippen LogP contribution in [-0.4, -0.2) is 9.66 Å². The van der Waals surface area contributed by atoms with E-state index in [1.165, 1.54) is 12.3 Å². The van der Waals surface area contributed by atoms with Gasteiger partial charge in [0.2, 0.25) is 0 Å². The topological polar surface area (TPSA) is 99.0 Å². The first-order valence-electron chi connectivity index (χ1n) is 2.55. The maximum Gasteiger partial charge on any atom is 0.367 e. The van der Waals surface area contributed by atoms with Crippen molar-refractivity contribution in [1.29, 1.82) is 0 Å². The van der Waals surface area contributed by atoms with E-state index in [4.69, 9.17) is 11.7 Å². The van der Waals surface area contributed by atoms with Gasteiger partial charge in [0.05, 0.1) is 0 Å². The minimum Gasteiger partial charge on any atom is -0.335 e. The molecule has 0 saturated carbocycles. The van der Waals surface area contributed by atoms with Gasteiger partial charge in [-0.3, -0.25) is 0 Å². The molecule has 1 rings (SSSR count). The highest BCUT2D eigenvalue weighted by Crippen LogP contribution is 1.90. The lowest BCUT2D eigenvalue weighted by atomic mass is 10.6. The smallest absolute Gasteiger partial charge is 0.335 e. The third-order valence-corrected chi connectivity index (χ3v) is 0.978. The molecule has 54 valence electrons. The van der Waals surface area contributed by atoms with Crippen LogP contribution in [0.4, 0.5) is 5.82 Å². The van der Waals surface area contributed by atoms with Gasteiger partial charge in [0, 0.05) is 12.3 Å². The number of nitrogens with one attached hydrogen (secondary N) is 1. The average Bonchev–Trinajstić information content (AvgIpc) is 1.95. The molecule has 0 aliphatic rings. The Morgan fingerprint density at radius 2 is 2.40 bits per heavy atom. The number of hydrazine groups is 1. The van der Waals surface area contributed by atoms with Crippen LogP contribution in [-0.2, 0) is 0 Å². The molecule has 1 aromatic rings. The zero-order chi connectivity index (χ0) is 7.56. The first kappa shape index (κ1) is 6.56. The van der Waals surface area contributed by atoms with Crippen molar-refractivity contribution in [3.63, 3.8) is 0 Å². The van der Waals surface area contributed by atoms with Crippen molar-refractivity contribution in [3.05, 3.63) is 22.7 Å². The van der Waals surface area contributed by atoms with Gasteiger partial charge >= 0.3 is 5.69 Å². The predicted octanol–water partition coefficient (Wildman–Crippen LogP) is -1.76. The van der Waals surface area contributed by atoms with E-state index in [1.54, 1.807) is 0 Å². The zero-order valence-electron chi connectivity index (χ0n) is 5.11. The Labute approximate surface area is 56.4 Å². The van der Waals surface area contributed by atoms with Crippen molar-refractivity contribution in [2.45, 2.75) is 0 Å². The summed E-state index contributed by atoms with van der Waals surface area (Å²) in [4.78, 5) is 14.1. The molecule has 0 aliphatic carbocycles. The molecular formula is C4H7N5O. The Balaban J connectivity index is 3.17. The fourth-order valence-electron chi connectivity index (χ4n) is 0.493. The van der Waals surface area contributed by atoms with Crippen molar-refractivity contribution < 1.29 is 0 Å². The van der Waals surface area contributed by atoms with E-state index in [9.17, 15) is 4.79 Å². The largest absolute Gasteiger partial charge is 0.367 e. The summed E-state index contributed by atoms with van der Waals surface area (Å²) in [6.07, 6.45) is 1.37. The monoisotopic (exact) mass is 141 g/mol. The van der Waals surface area contributed by atoms with E-state index in [2.05, 4.69) is 10.4 Å². The fraction of sp³-hybridized carbons (Fsp3) is 0. The highest BCUT2D eigenvalue weighted by molar-refractivity contribution is 5.29. The second-order valence-electron chi connectivity index (χ2n) is 1.65. The van der Waals surface area contributed by atoms with Gasteiger partial charge in [-0.15, -0.1) is 0 Å². The van der Waals surface area contributed by atoms with Gasteiger partial charge in [-0.1, -0.05) is 0 Å². The molecule has 0 unspecified atom stereocenters. The van der Waals surface area contributed by atoms with E-state index in [1.807, 2.05) is 0 Å². The SMILES string of the molecule is NNc1ccn(N)c(=O)n1. The lowest BCUT2D eigenvalue weighted by Gasteiger charge is -1.97. The third-order valence-electron chi connectivity index (χ3n) is 0.978. The number of rotatable bonds is 1. The average molecular weight is 141 g/mol. The molecule has 6 heteroatoms. The third kappa shape index (κ3) is 1.06. The van der Waals surface area contributed by atoms with E-state index < -0.39 is 5.69 Å². The van der Waals surface area contributed by atoms with Gasteiger partial charge in [0.15, 0.2) is 0 Å². The lowest BCUT2D eigenvalue weighted by Crippen LogP contribution is -2.29. The normalized spacial score (nSPS) is 9.30. The minimum absolute atomic E-state index is 0.298. The summed E-state index contributed by atoms with van der Waals surface area (Å²) in [5, 5.41) is 0. The van der Waals surface area contributed by atoms with Gasteiger partial charge in [0.25, 0.3) is 0 Å². The van der Waals surface area contributed by atoms with Crippen molar-refractivity contribution in [2.75, 3.05) is 11.3 Å². The molecule has 0 spiro atoms. The van der Waals surface area contributed by atoms with Gasteiger partial charge in [-0.05, 0) is 0 Å². The molecule has 0 aliphatic heterocycles. The summed E-state index contributed by atoms with van der Waals surface area (Å²) in [5.41, 5.74) is 1.67. The maximum absolute atomic E-state index is 10.6. The van der Waals surface area contributed by atoms with Gasteiger partial charge in [-0.25, -0.2) is 15.3 Å². The van der Waals surface area contributed by atoms with E-state index in [0.717, 1.165) is 4.68 Å². The number of nitrogen functional groups attached to an aromatic ring is 2. The second-order valence-corrected chi connectivity index (χ2v) is 1.65. The first-order valence-corrected chi connectivity index (χ1v) is 2.55. The highest BCUT2D eigenvalue weighted by Gasteiger charge is 1.92. The highest BCUT2D eigenvalue weighted by atomic mass is 16.1. The molecule has 0 saturated heterocycles. The van der Waals surface area contributed by atoms with Crippen LogP contribution in [0.2, 0.25) is 0 Å². The molecule has 0 radical (unpaired) electrons.